The molecule has 16 heavy (non-hydrogen) atoms. The third-order valence-electron chi connectivity index (χ3n) is 2.09. The number of hydrogen-bond acceptors (Lipinski definition) is 5. The summed E-state index contributed by atoms with van der Waals surface area (Å²) in [6.45, 7) is 2.36. The highest BCUT2D eigenvalue weighted by molar-refractivity contribution is 7.99. The third-order valence-corrected chi connectivity index (χ3v) is 3.21. The average Bonchev–Trinajstić information content (AvgIpc) is 2.58. The van der Waals surface area contributed by atoms with E-state index >= 15 is 0 Å². The van der Waals surface area contributed by atoms with Gasteiger partial charge in [0.1, 0.15) is 10.1 Å². The van der Waals surface area contributed by atoms with Crippen molar-refractivity contribution in [2.45, 2.75) is 23.5 Å². The van der Waals surface area contributed by atoms with Gasteiger partial charge in [0.25, 0.3) is 0 Å². The van der Waals surface area contributed by atoms with E-state index < -0.39 is 0 Å². The van der Waals surface area contributed by atoms with Gasteiger partial charge in [-0.25, -0.2) is 4.98 Å². The highest BCUT2D eigenvalue weighted by Gasteiger charge is 2.09. The largest absolute Gasteiger partial charge is 0.325 e. The van der Waals surface area contributed by atoms with Crippen LogP contribution < -0.4 is 5.73 Å². The maximum Gasteiger partial charge on any atom is 0.125 e. The van der Waals surface area contributed by atoms with Crippen molar-refractivity contribution < 1.29 is 0 Å². The van der Waals surface area contributed by atoms with E-state index in [-0.39, 0.29) is 0 Å². The molecule has 0 atom stereocenters. The van der Waals surface area contributed by atoms with Gasteiger partial charge >= 0.3 is 0 Å². The van der Waals surface area contributed by atoms with Gasteiger partial charge in [-0.3, -0.25) is 9.67 Å². The molecule has 0 unspecified atom stereocenters. The van der Waals surface area contributed by atoms with Gasteiger partial charge < -0.3 is 5.73 Å². The number of hydrogen-bond donors (Lipinski definition) is 1. The second kappa shape index (κ2) is 4.63. The quantitative estimate of drug-likeness (QED) is 0.863. The first-order chi connectivity index (χ1) is 7.70. The van der Waals surface area contributed by atoms with E-state index in [1.165, 1.54) is 11.8 Å². The van der Waals surface area contributed by atoms with Crippen molar-refractivity contribution in [3.63, 3.8) is 0 Å². The first-order valence-electron chi connectivity index (χ1n) is 4.89. The van der Waals surface area contributed by atoms with Gasteiger partial charge in [0, 0.05) is 26.0 Å². The lowest BCUT2D eigenvalue weighted by atomic mass is 10.5. The van der Waals surface area contributed by atoms with E-state index in [0.717, 1.165) is 21.4 Å². The lowest BCUT2D eigenvalue weighted by Crippen LogP contribution is -2.03. The SMILES string of the molecule is Cc1cc(Sc2nccnc2CN)n(C)n1. The number of aryl methyl sites for hydroxylation is 2. The molecule has 0 radical (unpaired) electrons. The van der Waals surface area contributed by atoms with Crippen molar-refractivity contribution in [3.05, 3.63) is 29.8 Å². The van der Waals surface area contributed by atoms with Crippen LogP contribution in [-0.4, -0.2) is 19.7 Å². The van der Waals surface area contributed by atoms with Gasteiger partial charge in [0.15, 0.2) is 0 Å². The summed E-state index contributed by atoms with van der Waals surface area (Å²) in [5.74, 6) is 0. The molecule has 0 bridgehead atoms. The van der Waals surface area contributed by atoms with E-state index in [1.807, 2.05) is 24.7 Å². The standard InChI is InChI=1S/C10H13N5S/c1-7-5-9(15(2)14-7)16-10-8(6-11)12-3-4-13-10/h3-5H,6,11H2,1-2H3. The summed E-state index contributed by atoms with van der Waals surface area (Å²) >= 11 is 1.53. The molecule has 0 amide bonds. The number of aromatic nitrogens is 4. The molecule has 84 valence electrons. The van der Waals surface area contributed by atoms with Crippen molar-refractivity contribution in [1.29, 1.82) is 0 Å². The summed E-state index contributed by atoms with van der Waals surface area (Å²) in [6.07, 6.45) is 3.32. The molecule has 0 saturated heterocycles. The van der Waals surface area contributed by atoms with Crippen molar-refractivity contribution in [2.24, 2.45) is 12.8 Å². The van der Waals surface area contributed by atoms with Gasteiger partial charge in [0.2, 0.25) is 0 Å². The van der Waals surface area contributed by atoms with Crippen molar-refractivity contribution >= 4 is 11.8 Å². The Morgan fingerprint density at radius 1 is 1.38 bits per heavy atom. The van der Waals surface area contributed by atoms with Gasteiger partial charge in [-0.15, -0.1) is 0 Å². The van der Waals surface area contributed by atoms with Crippen LogP contribution in [0.4, 0.5) is 0 Å². The molecular formula is C10H13N5S. The number of nitrogens with two attached hydrogens (primary N) is 1. The fraction of sp³-hybridized carbons (Fsp3) is 0.300. The molecule has 0 aliphatic heterocycles. The molecule has 2 aromatic rings. The lowest BCUT2D eigenvalue weighted by Gasteiger charge is -2.04. The molecule has 2 heterocycles. The summed E-state index contributed by atoms with van der Waals surface area (Å²) in [5.41, 5.74) is 7.41. The van der Waals surface area contributed by atoms with Crippen LogP contribution in [0, 0.1) is 6.92 Å². The Morgan fingerprint density at radius 2 is 2.12 bits per heavy atom. The summed E-state index contributed by atoms with van der Waals surface area (Å²) in [4.78, 5) is 8.47. The van der Waals surface area contributed by atoms with Gasteiger partial charge in [-0.1, -0.05) is 0 Å². The minimum atomic E-state index is 0.396. The van der Waals surface area contributed by atoms with Crippen LogP contribution in [0.15, 0.2) is 28.5 Å². The minimum absolute atomic E-state index is 0.396. The Hall–Kier alpha value is -1.40. The molecular weight excluding hydrogens is 222 g/mol. The van der Waals surface area contributed by atoms with Crippen LogP contribution in [0.2, 0.25) is 0 Å². The van der Waals surface area contributed by atoms with Crippen LogP contribution in [-0.2, 0) is 13.6 Å². The number of nitrogens with zero attached hydrogens (tertiary/aromatic N) is 4. The highest BCUT2D eigenvalue weighted by atomic mass is 32.2. The van der Waals surface area contributed by atoms with E-state index in [9.17, 15) is 0 Å². The molecule has 0 spiro atoms. The van der Waals surface area contributed by atoms with E-state index in [2.05, 4.69) is 15.1 Å². The molecule has 6 heteroatoms. The third kappa shape index (κ3) is 2.23. The molecule has 2 rings (SSSR count). The van der Waals surface area contributed by atoms with Crippen LogP contribution in [0.25, 0.3) is 0 Å². The Morgan fingerprint density at radius 3 is 2.75 bits per heavy atom. The van der Waals surface area contributed by atoms with Crippen molar-refractivity contribution in [1.82, 2.24) is 19.7 Å². The average molecular weight is 235 g/mol. The van der Waals surface area contributed by atoms with Gasteiger partial charge in [-0.2, -0.15) is 5.10 Å². The van der Waals surface area contributed by atoms with Crippen LogP contribution >= 0.6 is 11.8 Å². The Kier molecular flexibility index (Phi) is 3.21. The normalized spacial score (nSPS) is 10.7. The van der Waals surface area contributed by atoms with Crippen LogP contribution in [0.5, 0.6) is 0 Å². The molecule has 0 aliphatic carbocycles. The second-order valence-corrected chi connectivity index (χ2v) is 4.37. The molecule has 0 fully saturated rings. The Bertz CT molecular complexity index is 494. The maximum atomic E-state index is 5.61. The zero-order chi connectivity index (χ0) is 11.5. The number of rotatable bonds is 3. The summed E-state index contributed by atoms with van der Waals surface area (Å²) in [6, 6.07) is 2.01. The van der Waals surface area contributed by atoms with Crippen molar-refractivity contribution in [2.75, 3.05) is 0 Å². The predicted molar refractivity (Wildman–Crippen MR) is 62.0 cm³/mol. The summed E-state index contributed by atoms with van der Waals surface area (Å²) in [5, 5.41) is 6.15. The summed E-state index contributed by atoms with van der Waals surface area (Å²) < 4.78 is 1.83. The molecule has 2 N–H and O–H groups in total. The van der Waals surface area contributed by atoms with E-state index in [4.69, 9.17) is 5.73 Å². The monoisotopic (exact) mass is 235 g/mol. The minimum Gasteiger partial charge on any atom is -0.325 e. The van der Waals surface area contributed by atoms with E-state index in [1.54, 1.807) is 12.4 Å². The molecule has 0 aliphatic rings. The molecule has 0 saturated carbocycles. The fourth-order valence-electron chi connectivity index (χ4n) is 1.36. The smallest absolute Gasteiger partial charge is 0.125 e. The molecule has 5 nitrogen and oxygen atoms in total. The first kappa shape index (κ1) is 11.1. The molecule has 2 aromatic heterocycles. The molecule has 0 aromatic carbocycles. The van der Waals surface area contributed by atoms with E-state index in [0.29, 0.717) is 6.54 Å². The van der Waals surface area contributed by atoms with Gasteiger partial charge in [-0.05, 0) is 24.8 Å². The maximum absolute atomic E-state index is 5.61. The lowest BCUT2D eigenvalue weighted by molar-refractivity contribution is 0.691. The second-order valence-electron chi connectivity index (χ2n) is 3.36. The first-order valence-corrected chi connectivity index (χ1v) is 5.71. The van der Waals surface area contributed by atoms with Crippen molar-refractivity contribution in [3.8, 4) is 0 Å². The Balaban J connectivity index is 2.30. The zero-order valence-electron chi connectivity index (χ0n) is 9.21. The van der Waals surface area contributed by atoms with Gasteiger partial charge in [0.05, 0.1) is 11.4 Å². The zero-order valence-corrected chi connectivity index (χ0v) is 10.0. The Labute approximate surface area is 98.1 Å². The fourth-order valence-corrected chi connectivity index (χ4v) is 2.33. The van der Waals surface area contributed by atoms with Crippen LogP contribution in [0.3, 0.4) is 0 Å². The van der Waals surface area contributed by atoms with Crippen LogP contribution in [0.1, 0.15) is 11.4 Å². The topological polar surface area (TPSA) is 69.6 Å². The highest BCUT2D eigenvalue weighted by Crippen LogP contribution is 2.27. The predicted octanol–water partition coefficient (Wildman–Crippen LogP) is 1.13. The summed E-state index contributed by atoms with van der Waals surface area (Å²) in [7, 11) is 1.91.